The molecule has 3 rings (SSSR count). The number of carbonyl (C=O) groups is 2. The highest BCUT2D eigenvalue weighted by Gasteiger charge is 2.51. The highest BCUT2D eigenvalue weighted by molar-refractivity contribution is 7.78. The molecule has 1 heterocycles. The van der Waals surface area contributed by atoms with Crippen LogP contribution >= 0.6 is 7.26 Å². The fourth-order valence-electron chi connectivity index (χ4n) is 5.45. The summed E-state index contributed by atoms with van der Waals surface area (Å²) in [6, 6.07) is 14.1. The lowest BCUT2D eigenvalue weighted by Crippen LogP contribution is -2.36. The van der Waals surface area contributed by atoms with Gasteiger partial charge < -0.3 is 10.1 Å². The second kappa shape index (κ2) is 12.5. The highest BCUT2D eigenvalue weighted by atomic mass is 31.2. The first-order chi connectivity index (χ1) is 16.3. The number of nitrogens with one attached hydrogen (secondary N) is 1. The summed E-state index contributed by atoms with van der Waals surface area (Å²) in [5, 5.41) is 3.30. The number of carbonyl (C=O) groups excluding carboxylic acids is 2. The van der Waals surface area contributed by atoms with Crippen LogP contribution in [0, 0.1) is 20.8 Å². The average molecular weight is 483 g/mol. The van der Waals surface area contributed by atoms with Crippen molar-refractivity contribution in [3.63, 3.8) is 0 Å². The summed E-state index contributed by atoms with van der Waals surface area (Å²) in [7, 11) is -1.86. The van der Waals surface area contributed by atoms with Gasteiger partial charge in [-0.25, -0.2) is 4.79 Å². The maximum Gasteiger partial charge on any atom is 0.344 e. The van der Waals surface area contributed by atoms with Gasteiger partial charge in [-0.2, -0.15) is 0 Å². The Morgan fingerprint density at radius 3 is 2.18 bits per heavy atom. The normalized spacial score (nSPS) is 16.4. The fraction of sp³-hybridized carbons (Fsp3) is 0.517. The van der Waals surface area contributed by atoms with E-state index >= 15 is 0 Å². The maximum atomic E-state index is 13.8. The molecule has 0 aromatic heterocycles. The van der Waals surface area contributed by atoms with Gasteiger partial charge in [0.2, 0.25) is 0 Å². The van der Waals surface area contributed by atoms with E-state index in [1.807, 2.05) is 30.3 Å². The minimum absolute atomic E-state index is 0.0972. The smallest absolute Gasteiger partial charge is 0.344 e. The third kappa shape index (κ3) is 6.92. The molecule has 1 aliphatic rings. The van der Waals surface area contributed by atoms with E-state index < -0.39 is 7.26 Å². The Balaban J connectivity index is 1.83. The van der Waals surface area contributed by atoms with Crippen LogP contribution in [0.3, 0.4) is 0 Å². The minimum Gasteiger partial charge on any atom is -0.458 e. The number of esters is 1. The number of aryl methyl sites for hydroxylation is 3. The average Bonchev–Trinajstić information content (AvgIpc) is 3.05. The minimum atomic E-state index is -1.86. The second-order valence-corrected chi connectivity index (χ2v) is 14.2. The molecule has 1 aliphatic heterocycles. The van der Waals surface area contributed by atoms with Crippen LogP contribution in [0.25, 0.3) is 0 Å². The summed E-state index contributed by atoms with van der Waals surface area (Å²) in [6.07, 6.45) is 8.80. The van der Waals surface area contributed by atoms with Gasteiger partial charge in [0.25, 0.3) is 5.91 Å². The number of ether oxygens (including phenoxy) is 1. The third-order valence-corrected chi connectivity index (χ3v) is 12.2. The van der Waals surface area contributed by atoms with Crippen molar-refractivity contribution in [2.24, 2.45) is 0 Å². The topological polar surface area (TPSA) is 55.4 Å². The molecule has 34 heavy (non-hydrogen) atoms. The van der Waals surface area contributed by atoms with Crippen molar-refractivity contribution in [3.05, 3.63) is 64.7 Å². The van der Waals surface area contributed by atoms with E-state index in [1.54, 1.807) is 0 Å². The molecular weight excluding hydrogens is 441 g/mol. The lowest BCUT2D eigenvalue weighted by Gasteiger charge is -2.33. The Morgan fingerprint density at radius 1 is 0.971 bits per heavy atom. The summed E-state index contributed by atoms with van der Waals surface area (Å²) < 4.78 is 5.73. The Kier molecular flexibility index (Phi) is 9.71. The van der Waals surface area contributed by atoms with Gasteiger partial charge in [-0.1, -0.05) is 61.4 Å². The molecule has 1 N–H and O–H groups in total. The van der Waals surface area contributed by atoms with Crippen LogP contribution in [-0.2, 0) is 20.9 Å². The first kappa shape index (κ1) is 26.4. The second-order valence-electron chi connectivity index (χ2n) is 9.95. The maximum absolute atomic E-state index is 13.8. The van der Waals surface area contributed by atoms with Gasteiger partial charge in [0, 0.05) is 12.9 Å². The molecule has 0 radical (unpaired) electrons. The molecule has 4 nitrogen and oxygen atoms in total. The van der Waals surface area contributed by atoms with Crippen molar-refractivity contribution in [1.29, 1.82) is 0 Å². The van der Waals surface area contributed by atoms with Crippen LogP contribution in [0.2, 0.25) is 0 Å². The van der Waals surface area contributed by atoms with Gasteiger partial charge in [0.1, 0.15) is 12.3 Å². The quantitative estimate of drug-likeness (QED) is 0.308. The standard InChI is InChI=1S/C29H40NO3P/c1-5-13-26(29(32)30-28-23(3)18-22(2)19-24(28)4)34(16-11-6-7-12-17-34)21-27(31)33-20-25-14-9-8-10-15-25/h8-10,14-15,18-19,26H,5-7,11-13,16-17,20-21H2,1-4H3/p+1. The zero-order valence-corrected chi connectivity index (χ0v) is 22.3. The Bertz CT molecular complexity index is 942. The van der Waals surface area contributed by atoms with E-state index in [0.717, 1.165) is 60.4 Å². The van der Waals surface area contributed by atoms with Crippen molar-refractivity contribution >= 4 is 24.8 Å². The van der Waals surface area contributed by atoms with Gasteiger partial charge in [-0.05, 0) is 69.6 Å². The van der Waals surface area contributed by atoms with E-state index in [1.165, 1.54) is 18.4 Å². The number of benzene rings is 2. The monoisotopic (exact) mass is 482 g/mol. The van der Waals surface area contributed by atoms with E-state index in [-0.39, 0.29) is 17.5 Å². The van der Waals surface area contributed by atoms with Crippen LogP contribution in [0.15, 0.2) is 42.5 Å². The van der Waals surface area contributed by atoms with Crippen molar-refractivity contribution in [2.75, 3.05) is 23.8 Å². The van der Waals surface area contributed by atoms with E-state index in [2.05, 4.69) is 45.1 Å². The van der Waals surface area contributed by atoms with E-state index in [0.29, 0.717) is 12.8 Å². The molecule has 0 saturated carbocycles. The van der Waals surface area contributed by atoms with Gasteiger partial charge in [0.05, 0.1) is 12.3 Å². The van der Waals surface area contributed by atoms with Gasteiger partial charge >= 0.3 is 5.97 Å². The van der Waals surface area contributed by atoms with Crippen molar-refractivity contribution in [3.8, 4) is 0 Å². The van der Waals surface area contributed by atoms with Crippen LogP contribution in [0.5, 0.6) is 0 Å². The van der Waals surface area contributed by atoms with Crippen LogP contribution < -0.4 is 5.32 Å². The number of rotatable bonds is 9. The molecule has 0 bridgehead atoms. The Hall–Kier alpha value is -2.19. The largest absolute Gasteiger partial charge is 0.458 e. The summed E-state index contributed by atoms with van der Waals surface area (Å²) in [5.41, 5.74) is 5.22. The predicted octanol–water partition coefficient (Wildman–Crippen LogP) is 7.05. The molecule has 184 valence electrons. The molecular formula is C29H41NO3P+. The molecule has 0 spiro atoms. The van der Waals surface area contributed by atoms with Crippen molar-refractivity contribution in [1.82, 2.24) is 0 Å². The molecule has 0 aliphatic carbocycles. The van der Waals surface area contributed by atoms with Crippen molar-refractivity contribution < 1.29 is 14.3 Å². The lowest BCUT2D eigenvalue weighted by molar-refractivity contribution is -0.141. The predicted molar refractivity (Wildman–Crippen MR) is 144 cm³/mol. The fourth-order valence-corrected chi connectivity index (χ4v) is 10.5. The first-order valence-corrected chi connectivity index (χ1v) is 15.2. The van der Waals surface area contributed by atoms with Crippen LogP contribution in [0.4, 0.5) is 5.69 Å². The van der Waals surface area contributed by atoms with E-state index in [9.17, 15) is 9.59 Å². The highest BCUT2D eigenvalue weighted by Crippen LogP contribution is 2.66. The summed E-state index contributed by atoms with van der Waals surface area (Å²) in [6.45, 7) is 8.64. The first-order valence-electron chi connectivity index (χ1n) is 12.8. The molecule has 1 atom stereocenters. The van der Waals surface area contributed by atoms with Crippen LogP contribution in [0.1, 0.15) is 67.7 Å². The molecule has 1 saturated heterocycles. The molecule has 1 amide bonds. The summed E-state index contributed by atoms with van der Waals surface area (Å²) >= 11 is 0. The summed E-state index contributed by atoms with van der Waals surface area (Å²) in [5.74, 6) is -0.0429. The number of amides is 1. The Labute approximate surface area is 206 Å². The third-order valence-electron chi connectivity index (χ3n) is 7.09. The zero-order chi connectivity index (χ0) is 24.6. The van der Waals surface area contributed by atoms with Crippen LogP contribution in [-0.4, -0.2) is 36.0 Å². The zero-order valence-electron chi connectivity index (χ0n) is 21.4. The van der Waals surface area contributed by atoms with Gasteiger partial charge in [0.15, 0.2) is 6.16 Å². The van der Waals surface area contributed by atoms with E-state index in [4.69, 9.17) is 4.74 Å². The number of anilines is 1. The molecule has 5 heteroatoms. The molecule has 2 aromatic rings. The summed E-state index contributed by atoms with van der Waals surface area (Å²) in [4.78, 5) is 26.9. The number of hydrogen-bond acceptors (Lipinski definition) is 3. The SMILES string of the molecule is CCCC(C(=O)Nc1c(C)cc(C)cc1C)[P+]1(CC(=O)OCc2ccccc2)CCCCCC1. The van der Waals surface area contributed by atoms with Gasteiger partial charge in [-0.3, -0.25) is 4.79 Å². The Morgan fingerprint density at radius 2 is 1.59 bits per heavy atom. The molecule has 2 aromatic carbocycles. The number of hydrogen-bond donors (Lipinski definition) is 1. The van der Waals surface area contributed by atoms with Crippen molar-refractivity contribution in [2.45, 2.75) is 78.5 Å². The molecule has 1 unspecified atom stereocenters. The van der Waals surface area contributed by atoms with Gasteiger partial charge in [-0.15, -0.1) is 0 Å². The molecule has 1 fully saturated rings. The lowest BCUT2D eigenvalue weighted by atomic mass is 10.0.